The van der Waals surface area contributed by atoms with Crippen LogP contribution in [0.4, 0.5) is 13.2 Å². The van der Waals surface area contributed by atoms with Crippen molar-refractivity contribution in [3.8, 4) is 0 Å². The molecule has 1 aliphatic carbocycles. The van der Waals surface area contributed by atoms with Gasteiger partial charge >= 0.3 is 6.18 Å². The van der Waals surface area contributed by atoms with Crippen molar-refractivity contribution in [1.82, 2.24) is 4.98 Å². The molecule has 0 aliphatic heterocycles. The lowest BCUT2D eigenvalue weighted by atomic mass is 10.1. The summed E-state index contributed by atoms with van der Waals surface area (Å²) >= 11 is 0. The van der Waals surface area contributed by atoms with Crippen LogP contribution in [0.15, 0.2) is 18.3 Å². The third-order valence-electron chi connectivity index (χ3n) is 3.74. The summed E-state index contributed by atoms with van der Waals surface area (Å²) in [6.45, 7) is 4.67. The Morgan fingerprint density at radius 2 is 2.00 bits per heavy atom. The van der Waals surface area contributed by atoms with E-state index in [-0.39, 0.29) is 11.3 Å². The Balaban J connectivity index is 2.21. The standard InChI is InChI=1S/C12H15F3N2/c1-11(2)8(5-16)10(11)9-4-3-7(6-17-9)12(13,14)15/h3-4,6,8,10H,5,16H2,1-2H3. The fraction of sp³-hybridized carbons (Fsp3) is 0.583. The first-order valence-corrected chi connectivity index (χ1v) is 5.51. The van der Waals surface area contributed by atoms with Gasteiger partial charge in [0.1, 0.15) is 0 Å². The van der Waals surface area contributed by atoms with Gasteiger partial charge in [0.05, 0.1) is 5.56 Å². The van der Waals surface area contributed by atoms with Crippen molar-refractivity contribution in [3.05, 3.63) is 29.6 Å². The van der Waals surface area contributed by atoms with Crippen molar-refractivity contribution < 1.29 is 13.2 Å². The SMILES string of the molecule is CC1(C)C(CN)C1c1ccc(C(F)(F)F)cn1. The Morgan fingerprint density at radius 3 is 2.35 bits per heavy atom. The van der Waals surface area contributed by atoms with Gasteiger partial charge in [-0.05, 0) is 30.0 Å². The molecular formula is C12H15F3N2. The molecular weight excluding hydrogens is 229 g/mol. The summed E-state index contributed by atoms with van der Waals surface area (Å²) in [5.74, 6) is 0.488. The number of halogens is 3. The molecule has 2 rings (SSSR count). The summed E-state index contributed by atoms with van der Waals surface area (Å²) in [5, 5.41) is 0. The predicted molar refractivity (Wildman–Crippen MR) is 58.3 cm³/mol. The zero-order chi connectivity index (χ0) is 12.8. The lowest BCUT2D eigenvalue weighted by Gasteiger charge is -2.07. The Kier molecular flexibility index (Phi) is 2.69. The lowest BCUT2D eigenvalue weighted by Crippen LogP contribution is -2.06. The normalized spacial score (nSPS) is 26.9. The molecule has 0 aromatic carbocycles. The van der Waals surface area contributed by atoms with Gasteiger partial charge in [-0.3, -0.25) is 4.98 Å². The van der Waals surface area contributed by atoms with Gasteiger partial charge < -0.3 is 5.73 Å². The van der Waals surface area contributed by atoms with E-state index >= 15 is 0 Å². The molecule has 0 spiro atoms. The number of pyridine rings is 1. The van der Waals surface area contributed by atoms with E-state index in [0.29, 0.717) is 18.2 Å². The number of rotatable bonds is 2. The van der Waals surface area contributed by atoms with Crippen molar-refractivity contribution in [2.45, 2.75) is 25.9 Å². The van der Waals surface area contributed by atoms with E-state index in [0.717, 1.165) is 12.3 Å². The minimum Gasteiger partial charge on any atom is -0.330 e. The maximum absolute atomic E-state index is 12.4. The smallest absolute Gasteiger partial charge is 0.330 e. The molecule has 17 heavy (non-hydrogen) atoms. The highest BCUT2D eigenvalue weighted by Gasteiger charge is 2.58. The minimum atomic E-state index is -4.32. The molecule has 2 N–H and O–H groups in total. The van der Waals surface area contributed by atoms with Gasteiger partial charge in [-0.2, -0.15) is 13.2 Å². The zero-order valence-corrected chi connectivity index (χ0v) is 9.75. The number of aromatic nitrogens is 1. The van der Waals surface area contributed by atoms with E-state index in [9.17, 15) is 13.2 Å². The summed E-state index contributed by atoms with van der Waals surface area (Å²) < 4.78 is 37.1. The van der Waals surface area contributed by atoms with Crippen LogP contribution in [0.2, 0.25) is 0 Å². The molecule has 1 fully saturated rings. The molecule has 2 atom stereocenters. The van der Waals surface area contributed by atoms with Crippen LogP contribution < -0.4 is 5.73 Å². The second kappa shape index (κ2) is 3.70. The maximum Gasteiger partial charge on any atom is 0.417 e. The van der Waals surface area contributed by atoms with E-state index in [2.05, 4.69) is 18.8 Å². The average molecular weight is 244 g/mol. The predicted octanol–water partition coefficient (Wildman–Crippen LogP) is 2.80. The summed E-state index contributed by atoms with van der Waals surface area (Å²) in [5.41, 5.74) is 5.67. The van der Waals surface area contributed by atoms with Crippen molar-refractivity contribution in [2.75, 3.05) is 6.54 Å². The van der Waals surface area contributed by atoms with Gasteiger partial charge in [0, 0.05) is 17.8 Å². The molecule has 0 radical (unpaired) electrons. The fourth-order valence-corrected chi connectivity index (χ4v) is 2.53. The van der Waals surface area contributed by atoms with E-state index in [1.807, 2.05) is 0 Å². The molecule has 0 bridgehead atoms. The minimum absolute atomic E-state index is 0.0432. The summed E-state index contributed by atoms with van der Waals surface area (Å²) in [7, 11) is 0. The van der Waals surface area contributed by atoms with Crippen LogP contribution >= 0.6 is 0 Å². The maximum atomic E-state index is 12.4. The Hall–Kier alpha value is -1.10. The molecule has 1 aromatic rings. The molecule has 1 aliphatic rings. The third kappa shape index (κ3) is 2.04. The monoisotopic (exact) mass is 244 g/mol. The molecule has 2 unspecified atom stereocenters. The van der Waals surface area contributed by atoms with Gasteiger partial charge in [-0.1, -0.05) is 13.8 Å². The van der Waals surface area contributed by atoms with Crippen LogP contribution in [-0.4, -0.2) is 11.5 Å². The van der Waals surface area contributed by atoms with Crippen molar-refractivity contribution in [1.29, 1.82) is 0 Å². The molecule has 2 nitrogen and oxygen atoms in total. The lowest BCUT2D eigenvalue weighted by molar-refractivity contribution is -0.137. The third-order valence-corrected chi connectivity index (χ3v) is 3.74. The highest BCUT2D eigenvalue weighted by Crippen LogP contribution is 2.63. The quantitative estimate of drug-likeness (QED) is 0.868. The zero-order valence-electron chi connectivity index (χ0n) is 9.75. The van der Waals surface area contributed by atoms with Crippen molar-refractivity contribution in [3.63, 3.8) is 0 Å². The molecule has 0 amide bonds. The number of hydrogen-bond acceptors (Lipinski definition) is 2. The van der Waals surface area contributed by atoms with Crippen LogP contribution in [0, 0.1) is 11.3 Å². The molecule has 1 saturated carbocycles. The van der Waals surface area contributed by atoms with Crippen molar-refractivity contribution in [2.24, 2.45) is 17.1 Å². The van der Waals surface area contributed by atoms with Crippen LogP contribution in [0.25, 0.3) is 0 Å². The number of alkyl halides is 3. The number of nitrogens with zero attached hydrogens (tertiary/aromatic N) is 1. The first kappa shape index (κ1) is 12.4. The van der Waals surface area contributed by atoms with Gasteiger partial charge in [-0.25, -0.2) is 0 Å². The molecule has 0 saturated heterocycles. The second-order valence-electron chi connectivity index (χ2n) is 5.11. The van der Waals surface area contributed by atoms with E-state index in [1.165, 1.54) is 6.07 Å². The van der Waals surface area contributed by atoms with Crippen molar-refractivity contribution >= 4 is 0 Å². The Labute approximate surface area is 98.0 Å². The molecule has 5 heteroatoms. The highest BCUT2D eigenvalue weighted by molar-refractivity contribution is 5.28. The summed E-state index contributed by atoms with van der Waals surface area (Å²) in [6, 6.07) is 2.55. The van der Waals surface area contributed by atoms with Crippen LogP contribution in [-0.2, 0) is 6.18 Å². The second-order valence-corrected chi connectivity index (χ2v) is 5.11. The topological polar surface area (TPSA) is 38.9 Å². The first-order valence-electron chi connectivity index (χ1n) is 5.51. The summed E-state index contributed by atoms with van der Waals surface area (Å²) in [6.07, 6.45) is -3.42. The van der Waals surface area contributed by atoms with E-state index in [4.69, 9.17) is 5.73 Å². The largest absolute Gasteiger partial charge is 0.417 e. The summed E-state index contributed by atoms with van der Waals surface area (Å²) in [4.78, 5) is 3.93. The number of hydrogen-bond donors (Lipinski definition) is 1. The fourth-order valence-electron chi connectivity index (χ4n) is 2.53. The molecule has 1 heterocycles. The highest BCUT2D eigenvalue weighted by atomic mass is 19.4. The van der Waals surface area contributed by atoms with E-state index in [1.54, 1.807) is 0 Å². The van der Waals surface area contributed by atoms with Gasteiger partial charge in [0.25, 0.3) is 0 Å². The van der Waals surface area contributed by atoms with Gasteiger partial charge in [-0.15, -0.1) is 0 Å². The van der Waals surface area contributed by atoms with Crippen LogP contribution in [0.1, 0.15) is 31.0 Å². The van der Waals surface area contributed by atoms with Crippen LogP contribution in [0.5, 0.6) is 0 Å². The molecule has 94 valence electrons. The Bertz CT molecular complexity index is 409. The average Bonchev–Trinajstić information content (AvgIpc) is 2.79. The number of nitrogens with two attached hydrogens (primary N) is 1. The molecule has 1 aromatic heterocycles. The first-order chi connectivity index (χ1) is 7.78. The van der Waals surface area contributed by atoms with E-state index < -0.39 is 11.7 Å². The van der Waals surface area contributed by atoms with Gasteiger partial charge in [0.15, 0.2) is 0 Å². The van der Waals surface area contributed by atoms with Gasteiger partial charge in [0.2, 0.25) is 0 Å². The Morgan fingerprint density at radius 1 is 1.35 bits per heavy atom. The van der Waals surface area contributed by atoms with Crippen LogP contribution in [0.3, 0.4) is 0 Å².